The highest BCUT2D eigenvalue weighted by molar-refractivity contribution is 9.10. The molecule has 0 saturated heterocycles. The summed E-state index contributed by atoms with van der Waals surface area (Å²) in [5.41, 5.74) is 1.58. The molecule has 0 saturated carbocycles. The molecule has 0 fully saturated rings. The standard InChI is InChI=1S/C12H10BrClN2O2/c1-2-18-12(17)4-3-11-15-9-5-7(13)8(14)6-10(9)16-11/h3-6H,2H2,1H3,(H,15,16)/b4-3+. The van der Waals surface area contributed by atoms with Gasteiger partial charge in [-0.15, -0.1) is 0 Å². The quantitative estimate of drug-likeness (QED) is 0.692. The molecule has 94 valence electrons. The summed E-state index contributed by atoms with van der Waals surface area (Å²) >= 11 is 9.31. The molecule has 1 heterocycles. The monoisotopic (exact) mass is 328 g/mol. The zero-order valence-corrected chi connectivity index (χ0v) is 11.9. The Labute approximate surface area is 117 Å². The van der Waals surface area contributed by atoms with Crippen LogP contribution in [0.1, 0.15) is 12.7 Å². The van der Waals surface area contributed by atoms with Crippen LogP contribution in [0.2, 0.25) is 5.02 Å². The third-order valence-corrected chi connectivity index (χ3v) is 3.40. The number of ether oxygens (including phenoxy) is 1. The number of nitrogens with zero attached hydrogens (tertiary/aromatic N) is 1. The van der Waals surface area contributed by atoms with Crippen molar-refractivity contribution in [1.82, 2.24) is 9.97 Å². The van der Waals surface area contributed by atoms with E-state index in [1.165, 1.54) is 6.08 Å². The van der Waals surface area contributed by atoms with E-state index in [-0.39, 0.29) is 0 Å². The Balaban J connectivity index is 2.28. The first-order valence-electron chi connectivity index (χ1n) is 5.29. The summed E-state index contributed by atoms with van der Waals surface area (Å²) in [6.07, 6.45) is 2.90. The average Bonchev–Trinajstić information content (AvgIpc) is 2.69. The SMILES string of the molecule is CCOC(=O)/C=C/c1nc2cc(Br)c(Cl)cc2[nH]1. The summed E-state index contributed by atoms with van der Waals surface area (Å²) in [7, 11) is 0. The average molecular weight is 330 g/mol. The van der Waals surface area contributed by atoms with Gasteiger partial charge in [-0.3, -0.25) is 0 Å². The van der Waals surface area contributed by atoms with Crippen LogP contribution in [0.5, 0.6) is 0 Å². The topological polar surface area (TPSA) is 55.0 Å². The van der Waals surface area contributed by atoms with Crippen LogP contribution < -0.4 is 0 Å². The number of halogens is 2. The van der Waals surface area contributed by atoms with Gasteiger partial charge in [0.25, 0.3) is 0 Å². The van der Waals surface area contributed by atoms with Crippen molar-refractivity contribution in [3.63, 3.8) is 0 Å². The van der Waals surface area contributed by atoms with Crippen molar-refractivity contribution >= 4 is 50.6 Å². The van der Waals surface area contributed by atoms with Crippen molar-refractivity contribution in [2.24, 2.45) is 0 Å². The number of carbonyl (C=O) groups is 1. The minimum atomic E-state index is -0.392. The van der Waals surface area contributed by atoms with E-state index in [4.69, 9.17) is 16.3 Å². The van der Waals surface area contributed by atoms with Crippen molar-refractivity contribution in [3.05, 3.63) is 33.5 Å². The van der Waals surface area contributed by atoms with E-state index < -0.39 is 5.97 Å². The number of nitrogens with one attached hydrogen (secondary N) is 1. The summed E-state index contributed by atoms with van der Waals surface area (Å²) in [6.45, 7) is 2.11. The van der Waals surface area contributed by atoms with Gasteiger partial charge >= 0.3 is 5.97 Å². The van der Waals surface area contributed by atoms with Crippen LogP contribution in [-0.2, 0) is 9.53 Å². The Hall–Kier alpha value is -1.33. The van der Waals surface area contributed by atoms with Crippen LogP contribution in [0, 0.1) is 0 Å². The molecule has 0 unspecified atom stereocenters. The highest BCUT2D eigenvalue weighted by Gasteiger charge is 2.05. The van der Waals surface area contributed by atoms with Gasteiger partial charge in [-0.2, -0.15) is 0 Å². The molecule has 18 heavy (non-hydrogen) atoms. The zero-order chi connectivity index (χ0) is 13.1. The molecule has 0 aliphatic heterocycles. The molecule has 0 atom stereocenters. The fourth-order valence-corrected chi connectivity index (χ4v) is 1.94. The number of hydrogen-bond donors (Lipinski definition) is 1. The molecule has 0 bridgehead atoms. The molecule has 0 spiro atoms. The number of aromatic nitrogens is 2. The Morgan fingerprint density at radius 2 is 2.39 bits per heavy atom. The fourth-order valence-electron chi connectivity index (χ4n) is 1.44. The lowest BCUT2D eigenvalue weighted by Crippen LogP contribution is -1.98. The summed E-state index contributed by atoms with van der Waals surface area (Å²) in [4.78, 5) is 18.5. The normalized spacial score (nSPS) is 11.3. The number of imidazole rings is 1. The smallest absolute Gasteiger partial charge is 0.330 e. The van der Waals surface area contributed by atoms with Gasteiger partial charge < -0.3 is 9.72 Å². The van der Waals surface area contributed by atoms with Crippen molar-refractivity contribution in [3.8, 4) is 0 Å². The fraction of sp³-hybridized carbons (Fsp3) is 0.167. The van der Waals surface area contributed by atoms with Gasteiger partial charge in [-0.1, -0.05) is 11.6 Å². The van der Waals surface area contributed by atoms with E-state index in [0.29, 0.717) is 17.5 Å². The van der Waals surface area contributed by atoms with Gasteiger partial charge in [0.1, 0.15) is 5.82 Å². The second-order valence-corrected chi connectivity index (χ2v) is 4.75. The molecule has 6 heteroatoms. The summed E-state index contributed by atoms with van der Waals surface area (Å²) < 4.78 is 5.56. The molecule has 2 rings (SSSR count). The summed E-state index contributed by atoms with van der Waals surface area (Å²) in [6, 6.07) is 3.59. The van der Waals surface area contributed by atoms with Gasteiger partial charge in [0, 0.05) is 10.5 Å². The van der Waals surface area contributed by atoms with E-state index in [0.717, 1.165) is 15.5 Å². The maximum absolute atomic E-state index is 11.2. The molecule has 2 aromatic rings. The predicted molar refractivity (Wildman–Crippen MR) is 74.5 cm³/mol. The van der Waals surface area contributed by atoms with Gasteiger partial charge in [0.05, 0.1) is 22.7 Å². The lowest BCUT2D eigenvalue weighted by atomic mass is 10.3. The summed E-state index contributed by atoms with van der Waals surface area (Å²) in [5.74, 6) is 0.185. The molecule has 0 radical (unpaired) electrons. The maximum Gasteiger partial charge on any atom is 0.330 e. The van der Waals surface area contributed by atoms with Crippen molar-refractivity contribution in [1.29, 1.82) is 0 Å². The summed E-state index contributed by atoms with van der Waals surface area (Å²) in [5, 5.41) is 0.604. The zero-order valence-electron chi connectivity index (χ0n) is 9.54. The van der Waals surface area contributed by atoms with Crippen molar-refractivity contribution in [2.75, 3.05) is 6.61 Å². The van der Waals surface area contributed by atoms with Gasteiger partial charge in [0.15, 0.2) is 0 Å². The Bertz CT molecular complexity index is 583. The van der Waals surface area contributed by atoms with Crippen LogP contribution in [0.25, 0.3) is 17.1 Å². The largest absolute Gasteiger partial charge is 0.463 e. The predicted octanol–water partition coefficient (Wildman–Crippen LogP) is 3.56. The number of aromatic amines is 1. The number of carbonyl (C=O) groups excluding carboxylic acids is 1. The number of H-pyrrole nitrogens is 1. The van der Waals surface area contributed by atoms with E-state index in [1.807, 2.05) is 6.07 Å². The number of fused-ring (bicyclic) bond motifs is 1. The van der Waals surface area contributed by atoms with Crippen molar-refractivity contribution in [2.45, 2.75) is 6.92 Å². The first-order chi connectivity index (χ1) is 8.60. The molecule has 1 aromatic carbocycles. The van der Waals surface area contributed by atoms with Crippen molar-refractivity contribution < 1.29 is 9.53 Å². The molecular formula is C12H10BrClN2O2. The Kier molecular flexibility index (Phi) is 4.04. The van der Waals surface area contributed by atoms with Crippen LogP contribution in [0.15, 0.2) is 22.7 Å². The third-order valence-electron chi connectivity index (χ3n) is 2.21. The number of esters is 1. The lowest BCUT2D eigenvalue weighted by Gasteiger charge is -1.93. The Morgan fingerprint density at radius 3 is 3.11 bits per heavy atom. The van der Waals surface area contributed by atoms with E-state index in [1.54, 1.807) is 19.1 Å². The maximum atomic E-state index is 11.2. The Morgan fingerprint density at radius 1 is 1.61 bits per heavy atom. The number of hydrogen-bond acceptors (Lipinski definition) is 3. The molecule has 1 aromatic heterocycles. The highest BCUT2D eigenvalue weighted by atomic mass is 79.9. The minimum Gasteiger partial charge on any atom is -0.463 e. The molecule has 1 N–H and O–H groups in total. The van der Waals surface area contributed by atoms with Crippen LogP contribution in [0.3, 0.4) is 0 Å². The second-order valence-electron chi connectivity index (χ2n) is 3.49. The first kappa shape index (κ1) is 13.1. The van der Waals surface area contributed by atoms with E-state index in [2.05, 4.69) is 25.9 Å². The molecule has 0 aliphatic rings. The van der Waals surface area contributed by atoms with Gasteiger partial charge in [-0.25, -0.2) is 9.78 Å². The van der Waals surface area contributed by atoms with Gasteiger partial charge in [0.2, 0.25) is 0 Å². The molecule has 0 aliphatic carbocycles. The third kappa shape index (κ3) is 2.91. The molecular weight excluding hydrogens is 320 g/mol. The second kappa shape index (κ2) is 5.54. The van der Waals surface area contributed by atoms with E-state index in [9.17, 15) is 4.79 Å². The van der Waals surface area contributed by atoms with E-state index >= 15 is 0 Å². The first-order valence-corrected chi connectivity index (χ1v) is 6.47. The van der Waals surface area contributed by atoms with Crippen LogP contribution in [-0.4, -0.2) is 22.5 Å². The van der Waals surface area contributed by atoms with Crippen LogP contribution >= 0.6 is 27.5 Å². The lowest BCUT2D eigenvalue weighted by molar-refractivity contribution is -0.137. The number of rotatable bonds is 3. The molecule has 4 nitrogen and oxygen atoms in total. The highest BCUT2D eigenvalue weighted by Crippen LogP contribution is 2.27. The van der Waals surface area contributed by atoms with Crippen LogP contribution in [0.4, 0.5) is 0 Å². The number of benzene rings is 1. The minimum absolute atomic E-state index is 0.353. The molecule has 0 amide bonds. The van der Waals surface area contributed by atoms with Gasteiger partial charge in [-0.05, 0) is 41.1 Å².